The van der Waals surface area contributed by atoms with Crippen LogP contribution in [0.25, 0.3) is 0 Å². The van der Waals surface area contributed by atoms with Gasteiger partial charge in [-0.3, -0.25) is 19.3 Å². The quantitative estimate of drug-likeness (QED) is 0.762. The highest BCUT2D eigenvalue weighted by atomic mass is 16.2. The van der Waals surface area contributed by atoms with Crippen molar-refractivity contribution in [1.29, 1.82) is 0 Å². The summed E-state index contributed by atoms with van der Waals surface area (Å²) in [6, 6.07) is 16.4. The smallest absolute Gasteiger partial charge is 0.250 e. The molecule has 2 aromatic rings. The van der Waals surface area contributed by atoms with E-state index in [2.05, 4.69) is 5.32 Å². The Morgan fingerprint density at radius 3 is 2.17 bits per heavy atom. The molecule has 0 saturated carbocycles. The van der Waals surface area contributed by atoms with Crippen LogP contribution in [0.5, 0.6) is 0 Å². The Morgan fingerprint density at radius 2 is 1.53 bits per heavy atom. The molecule has 7 heteroatoms. The number of amides is 3. The number of piperazine rings is 1. The van der Waals surface area contributed by atoms with Crippen LogP contribution in [0.3, 0.4) is 0 Å². The Labute approximate surface area is 176 Å². The van der Waals surface area contributed by atoms with E-state index in [4.69, 9.17) is 5.73 Å². The monoisotopic (exact) mass is 408 g/mol. The number of nitrogens with one attached hydrogen (secondary N) is 1. The molecule has 30 heavy (non-hydrogen) atoms. The molecule has 2 aromatic carbocycles. The third kappa shape index (κ3) is 4.86. The summed E-state index contributed by atoms with van der Waals surface area (Å²) in [5.41, 5.74) is 6.44. The zero-order valence-electron chi connectivity index (χ0n) is 17.4. The van der Waals surface area contributed by atoms with Gasteiger partial charge in [0.05, 0.1) is 23.2 Å². The first-order valence-electron chi connectivity index (χ1n) is 10.0. The Morgan fingerprint density at radius 1 is 0.933 bits per heavy atom. The van der Waals surface area contributed by atoms with Crippen LogP contribution in [0, 0.1) is 0 Å². The Hall–Kier alpha value is -3.19. The van der Waals surface area contributed by atoms with E-state index in [1.165, 1.54) is 0 Å². The Kier molecular flexibility index (Phi) is 6.52. The van der Waals surface area contributed by atoms with E-state index in [9.17, 15) is 14.4 Å². The SMILES string of the molecule is CC(C)(C(=O)N1CCN(CC(=O)Nc2ccccc2C(N)=O)CC1)c1ccccc1. The van der Waals surface area contributed by atoms with E-state index in [1.807, 2.05) is 54.0 Å². The second kappa shape index (κ2) is 9.09. The highest BCUT2D eigenvalue weighted by Crippen LogP contribution is 2.26. The minimum Gasteiger partial charge on any atom is -0.366 e. The Bertz CT molecular complexity index is 919. The number of hydrogen-bond donors (Lipinski definition) is 2. The predicted octanol–water partition coefficient (Wildman–Crippen LogP) is 1.85. The van der Waals surface area contributed by atoms with Gasteiger partial charge >= 0.3 is 0 Å². The summed E-state index contributed by atoms with van der Waals surface area (Å²) in [7, 11) is 0. The third-order valence-corrected chi connectivity index (χ3v) is 5.52. The molecule has 7 nitrogen and oxygen atoms in total. The van der Waals surface area contributed by atoms with Crippen LogP contribution in [0.2, 0.25) is 0 Å². The fraction of sp³-hybridized carbons (Fsp3) is 0.348. The summed E-state index contributed by atoms with van der Waals surface area (Å²) in [5.74, 6) is -0.708. The minimum atomic E-state index is -0.598. The molecule has 0 unspecified atom stereocenters. The largest absolute Gasteiger partial charge is 0.366 e. The van der Waals surface area contributed by atoms with Crippen molar-refractivity contribution >= 4 is 23.4 Å². The number of para-hydroxylation sites is 1. The van der Waals surface area contributed by atoms with Crippen molar-refractivity contribution in [2.24, 2.45) is 5.73 Å². The molecule has 0 bridgehead atoms. The molecule has 3 amide bonds. The summed E-state index contributed by atoms with van der Waals surface area (Å²) >= 11 is 0. The van der Waals surface area contributed by atoms with Crippen molar-refractivity contribution in [2.45, 2.75) is 19.3 Å². The summed E-state index contributed by atoms with van der Waals surface area (Å²) in [6.07, 6.45) is 0. The van der Waals surface area contributed by atoms with E-state index in [0.29, 0.717) is 31.9 Å². The molecule has 0 spiro atoms. The van der Waals surface area contributed by atoms with Crippen molar-refractivity contribution in [3.8, 4) is 0 Å². The molecule has 1 aliphatic rings. The van der Waals surface area contributed by atoms with Gasteiger partial charge in [-0.15, -0.1) is 0 Å². The number of benzene rings is 2. The number of anilines is 1. The van der Waals surface area contributed by atoms with Gasteiger partial charge in [-0.2, -0.15) is 0 Å². The second-order valence-corrected chi connectivity index (χ2v) is 8.02. The average molecular weight is 409 g/mol. The van der Waals surface area contributed by atoms with Crippen LogP contribution in [0.15, 0.2) is 54.6 Å². The number of nitrogens with zero attached hydrogens (tertiary/aromatic N) is 2. The molecule has 1 aliphatic heterocycles. The summed E-state index contributed by atoms with van der Waals surface area (Å²) in [5, 5.41) is 2.76. The van der Waals surface area contributed by atoms with Crippen molar-refractivity contribution in [3.63, 3.8) is 0 Å². The lowest BCUT2D eigenvalue weighted by molar-refractivity contribution is -0.138. The zero-order valence-corrected chi connectivity index (χ0v) is 17.4. The highest BCUT2D eigenvalue weighted by Gasteiger charge is 2.35. The first-order valence-corrected chi connectivity index (χ1v) is 10.0. The summed E-state index contributed by atoms with van der Waals surface area (Å²) in [6.45, 7) is 6.45. The lowest BCUT2D eigenvalue weighted by Crippen LogP contribution is -2.54. The lowest BCUT2D eigenvalue weighted by Gasteiger charge is -2.38. The standard InChI is InChI=1S/C23H28N4O3/c1-23(2,17-8-4-3-5-9-17)22(30)27-14-12-26(13-15-27)16-20(28)25-19-11-7-6-10-18(19)21(24)29/h3-11H,12-16H2,1-2H3,(H2,24,29)(H,25,28). The Balaban J connectivity index is 1.54. The molecule has 1 saturated heterocycles. The van der Waals surface area contributed by atoms with Crippen molar-refractivity contribution in [2.75, 3.05) is 38.0 Å². The van der Waals surface area contributed by atoms with Crippen LogP contribution in [0.4, 0.5) is 5.69 Å². The second-order valence-electron chi connectivity index (χ2n) is 8.02. The first-order chi connectivity index (χ1) is 14.3. The molecule has 1 heterocycles. The molecule has 0 radical (unpaired) electrons. The van der Waals surface area contributed by atoms with Gasteiger partial charge in [0.1, 0.15) is 0 Å². The molecule has 3 rings (SSSR count). The van der Waals surface area contributed by atoms with Gasteiger partial charge in [-0.05, 0) is 31.5 Å². The summed E-state index contributed by atoms with van der Waals surface area (Å²) in [4.78, 5) is 40.9. The van der Waals surface area contributed by atoms with Crippen LogP contribution in [0.1, 0.15) is 29.8 Å². The van der Waals surface area contributed by atoms with Gasteiger partial charge in [0.15, 0.2) is 0 Å². The molecule has 3 N–H and O–H groups in total. The van der Waals surface area contributed by atoms with Gasteiger partial charge in [0, 0.05) is 26.2 Å². The van der Waals surface area contributed by atoms with E-state index in [-0.39, 0.29) is 23.9 Å². The van der Waals surface area contributed by atoms with Crippen LogP contribution in [-0.2, 0) is 15.0 Å². The fourth-order valence-electron chi connectivity index (χ4n) is 3.68. The predicted molar refractivity (Wildman–Crippen MR) is 116 cm³/mol. The molecule has 0 aliphatic carbocycles. The van der Waals surface area contributed by atoms with E-state index < -0.39 is 11.3 Å². The maximum absolute atomic E-state index is 13.1. The van der Waals surface area contributed by atoms with Gasteiger partial charge in [-0.25, -0.2) is 0 Å². The van der Waals surface area contributed by atoms with Crippen molar-refractivity contribution in [1.82, 2.24) is 9.80 Å². The highest BCUT2D eigenvalue weighted by molar-refractivity contribution is 6.03. The van der Waals surface area contributed by atoms with Gasteiger partial charge in [-0.1, -0.05) is 42.5 Å². The molecule has 158 valence electrons. The maximum atomic E-state index is 13.1. The normalized spacial score (nSPS) is 14.9. The van der Waals surface area contributed by atoms with Gasteiger partial charge in [0.25, 0.3) is 5.91 Å². The van der Waals surface area contributed by atoms with Gasteiger partial charge < -0.3 is 16.0 Å². The number of hydrogen-bond acceptors (Lipinski definition) is 4. The van der Waals surface area contributed by atoms with Gasteiger partial charge in [0.2, 0.25) is 11.8 Å². The number of nitrogens with two attached hydrogens (primary N) is 1. The van der Waals surface area contributed by atoms with Crippen LogP contribution in [-0.4, -0.2) is 60.2 Å². The zero-order chi connectivity index (χ0) is 21.7. The fourth-order valence-corrected chi connectivity index (χ4v) is 3.68. The number of carbonyl (C=O) groups excluding carboxylic acids is 3. The molecular formula is C23H28N4O3. The topological polar surface area (TPSA) is 95.7 Å². The first kappa shape index (κ1) is 21.5. The molecule has 0 aromatic heterocycles. The molecule has 0 atom stereocenters. The molecular weight excluding hydrogens is 380 g/mol. The van der Waals surface area contributed by atoms with E-state index in [0.717, 1.165) is 5.56 Å². The maximum Gasteiger partial charge on any atom is 0.250 e. The average Bonchev–Trinajstić information content (AvgIpc) is 2.74. The van der Waals surface area contributed by atoms with Crippen LogP contribution >= 0.6 is 0 Å². The van der Waals surface area contributed by atoms with Crippen molar-refractivity contribution < 1.29 is 14.4 Å². The van der Waals surface area contributed by atoms with Crippen LogP contribution < -0.4 is 11.1 Å². The summed E-state index contributed by atoms with van der Waals surface area (Å²) < 4.78 is 0. The lowest BCUT2D eigenvalue weighted by atomic mass is 9.83. The minimum absolute atomic E-state index is 0.0909. The van der Waals surface area contributed by atoms with Crippen molar-refractivity contribution in [3.05, 3.63) is 65.7 Å². The third-order valence-electron chi connectivity index (χ3n) is 5.52. The number of rotatable bonds is 6. The number of primary amides is 1. The number of carbonyl (C=O) groups is 3. The molecule has 1 fully saturated rings. The van der Waals surface area contributed by atoms with E-state index >= 15 is 0 Å². The van der Waals surface area contributed by atoms with E-state index in [1.54, 1.807) is 24.3 Å².